The molecular weight excluding hydrogens is 266 g/mol. The van der Waals surface area contributed by atoms with Gasteiger partial charge in [-0.1, -0.05) is 12.1 Å². The van der Waals surface area contributed by atoms with Gasteiger partial charge in [0, 0.05) is 12.8 Å². The highest BCUT2D eigenvalue weighted by atomic mass is 32.2. The van der Waals surface area contributed by atoms with Crippen molar-refractivity contribution in [1.82, 2.24) is 5.32 Å². The van der Waals surface area contributed by atoms with Gasteiger partial charge in [0.05, 0.1) is 0 Å². The van der Waals surface area contributed by atoms with E-state index in [0.717, 1.165) is 11.8 Å². The Hall–Kier alpha value is -1.56. The molecule has 0 bridgehead atoms. The van der Waals surface area contributed by atoms with Crippen molar-refractivity contribution in [3.63, 3.8) is 0 Å². The van der Waals surface area contributed by atoms with Gasteiger partial charge < -0.3 is 10.4 Å². The third-order valence-electron chi connectivity index (χ3n) is 3.11. The summed E-state index contributed by atoms with van der Waals surface area (Å²) in [6.45, 7) is 3.12. The van der Waals surface area contributed by atoms with Gasteiger partial charge in [0.15, 0.2) is 9.84 Å². The second-order valence-electron chi connectivity index (χ2n) is 4.95. The molecule has 1 rings (SSSR count). The lowest BCUT2D eigenvalue weighted by atomic mass is 10.1. The number of benzene rings is 1. The van der Waals surface area contributed by atoms with E-state index in [0.29, 0.717) is 13.0 Å². The largest absolute Gasteiger partial charge is 0.508 e. The standard InChI is InChI=1S/C13H19NO4S/c1-13(2,19(3,17)18)12(16)14-9-8-10-4-6-11(15)7-5-10/h4-7,15H,8-9H2,1-3H3,(H,14,16). The molecule has 0 aliphatic rings. The van der Waals surface area contributed by atoms with E-state index >= 15 is 0 Å². The SMILES string of the molecule is CC(C)(C(=O)NCCc1ccc(O)cc1)S(C)(=O)=O. The molecule has 0 heterocycles. The number of nitrogens with one attached hydrogen (secondary N) is 1. The molecule has 0 aromatic heterocycles. The van der Waals surface area contributed by atoms with Crippen LogP contribution in [0.3, 0.4) is 0 Å². The molecule has 0 aliphatic carbocycles. The Bertz CT molecular complexity index is 547. The molecule has 0 saturated carbocycles. The van der Waals surface area contributed by atoms with Crippen molar-refractivity contribution in [1.29, 1.82) is 0 Å². The number of phenolic OH excluding ortho intramolecular Hbond substituents is 1. The van der Waals surface area contributed by atoms with Crippen LogP contribution in [-0.4, -0.2) is 37.0 Å². The van der Waals surface area contributed by atoms with Gasteiger partial charge in [0.1, 0.15) is 10.5 Å². The fourth-order valence-electron chi connectivity index (χ4n) is 1.36. The van der Waals surface area contributed by atoms with E-state index in [9.17, 15) is 13.2 Å². The molecule has 0 spiro atoms. The second kappa shape index (κ2) is 5.61. The predicted octanol–water partition coefficient (Wildman–Crippen LogP) is 0.874. The Morgan fingerprint density at radius 3 is 2.26 bits per heavy atom. The molecule has 0 fully saturated rings. The number of hydrogen-bond acceptors (Lipinski definition) is 4. The van der Waals surface area contributed by atoms with Gasteiger partial charge in [-0.25, -0.2) is 8.42 Å². The number of carbonyl (C=O) groups is 1. The van der Waals surface area contributed by atoms with E-state index in [-0.39, 0.29) is 5.75 Å². The normalized spacial score (nSPS) is 12.2. The molecule has 19 heavy (non-hydrogen) atoms. The maximum Gasteiger partial charge on any atom is 0.240 e. The number of phenols is 1. The molecule has 0 atom stereocenters. The van der Waals surface area contributed by atoms with Crippen LogP contribution in [-0.2, 0) is 21.1 Å². The third kappa shape index (κ3) is 3.96. The topological polar surface area (TPSA) is 83.5 Å². The third-order valence-corrected chi connectivity index (χ3v) is 5.15. The highest BCUT2D eigenvalue weighted by Gasteiger charge is 2.37. The summed E-state index contributed by atoms with van der Waals surface area (Å²) >= 11 is 0. The van der Waals surface area contributed by atoms with E-state index in [1.165, 1.54) is 13.8 Å². The number of hydrogen-bond donors (Lipinski definition) is 2. The van der Waals surface area contributed by atoms with E-state index in [2.05, 4.69) is 5.32 Å². The fraction of sp³-hybridized carbons (Fsp3) is 0.462. The molecule has 0 unspecified atom stereocenters. The number of amides is 1. The molecule has 6 heteroatoms. The van der Waals surface area contributed by atoms with Crippen molar-refractivity contribution < 1.29 is 18.3 Å². The molecule has 0 aliphatic heterocycles. The lowest BCUT2D eigenvalue weighted by Gasteiger charge is -2.21. The molecule has 1 amide bonds. The number of sulfone groups is 1. The Morgan fingerprint density at radius 1 is 1.26 bits per heavy atom. The maximum atomic E-state index is 11.8. The first-order chi connectivity index (χ1) is 8.64. The van der Waals surface area contributed by atoms with Crippen LogP contribution >= 0.6 is 0 Å². The molecule has 1 aromatic rings. The molecule has 5 nitrogen and oxygen atoms in total. The monoisotopic (exact) mass is 285 g/mol. The molecule has 1 aromatic carbocycles. The minimum absolute atomic E-state index is 0.186. The number of rotatable bonds is 5. The van der Waals surface area contributed by atoms with E-state index in [4.69, 9.17) is 5.11 Å². The second-order valence-corrected chi connectivity index (χ2v) is 7.52. The average Bonchev–Trinajstić information content (AvgIpc) is 2.30. The minimum Gasteiger partial charge on any atom is -0.508 e. The lowest BCUT2D eigenvalue weighted by molar-refractivity contribution is -0.122. The number of carbonyl (C=O) groups excluding carboxylic acids is 1. The Kier molecular flexibility index (Phi) is 4.57. The summed E-state index contributed by atoms with van der Waals surface area (Å²) in [5, 5.41) is 11.7. The van der Waals surface area contributed by atoms with Crippen LogP contribution in [0.4, 0.5) is 0 Å². The van der Waals surface area contributed by atoms with Gasteiger partial charge in [-0.15, -0.1) is 0 Å². The van der Waals surface area contributed by atoms with Gasteiger partial charge in [0.2, 0.25) is 5.91 Å². The van der Waals surface area contributed by atoms with Gasteiger partial charge in [-0.2, -0.15) is 0 Å². The molecule has 2 N–H and O–H groups in total. The van der Waals surface area contributed by atoms with Gasteiger partial charge in [-0.05, 0) is 38.0 Å². The lowest BCUT2D eigenvalue weighted by Crippen LogP contribution is -2.48. The Labute approximate surface area is 113 Å². The highest BCUT2D eigenvalue weighted by Crippen LogP contribution is 2.15. The summed E-state index contributed by atoms with van der Waals surface area (Å²) in [6.07, 6.45) is 1.62. The summed E-state index contributed by atoms with van der Waals surface area (Å²) in [7, 11) is -3.45. The first-order valence-electron chi connectivity index (χ1n) is 5.90. The van der Waals surface area contributed by atoms with Crippen LogP contribution in [0, 0.1) is 0 Å². The predicted molar refractivity (Wildman–Crippen MR) is 73.7 cm³/mol. The maximum absolute atomic E-state index is 11.8. The summed E-state index contributed by atoms with van der Waals surface area (Å²) in [5.41, 5.74) is 0.954. The van der Waals surface area contributed by atoms with Crippen LogP contribution in [0.5, 0.6) is 5.75 Å². The molecule has 0 saturated heterocycles. The Balaban J connectivity index is 2.54. The first kappa shape index (κ1) is 15.5. The first-order valence-corrected chi connectivity index (χ1v) is 7.79. The van der Waals surface area contributed by atoms with Crippen molar-refractivity contribution in [3.05, 3.63) is 29.8 Å². The van der Waals surface area contributed by atoms with Crippen LogP contribution < -0.4 is 5.32 Å². The summed E-state index contributed by atoms with van der Waals surface area (Å²) in [5.74, 6) is -0.320. The quantitative estimate of drug-likeness (QED) is 0.841. The zero-order chi connectivity index (χ0) is 14.7. The van der Waals surface area contributed by atoms with Crippen LogP contribution in [0.15, 0.2) is 24.3 Å². The van der Waals surface area contributed by atoms with Gasteiger partial charge in [-0.3, -0.25) is 4.79 Å². The average molecular weight is 285 g/mol. The highest BCUT2D eigenvalue weighted by molar-refractivity contribution is 7.92. The van der Waals surface area contributed by atoms with Crippen molar-refractivity contribution in [3.8, 4) is 5.75 Å². The van der Waals surface area contributed by atoms with Crippen molar-refractivity contribution in [2.24, 2.45) is 0 Å². The Morgan fingerprint density at radius 2 is 1.79 bits per heavy atom. The van der Waals surface area contributed by atoms with E-state index in [1.54, 1.807) is 24.3 Å². The van der Waals surface area contributed by atoms with Crippen molar-refractivity contribution >= 4 is 15.7 Å². The molecular formula is C13H19NO4S. The fourth-order valence-corrected chi connectivity index (χ4v) is 1.77. The summed E-state index contributed by atoms with van der Waals surface area (Å²) in [4.78, 5) is 11.8. The van der Waals surface area contributed by atoms with E-state index < -0.39 is 20.5 Å². The van der Waals surface area contributed by atoms with E-state index in [1.807, 2.05) is 0 Å². The van der Waals surface area contributed by atoms with Gasteiger partial charge >= 0.3 is 0 Å². The van der Waals surface area contributed by atoms with Gasteiger partial charge in [0.25, 0.3) is 0 Å². The zero-order valence-corrected chi connectivity index (χ0v) is 12.1. The molecule has 0 radical (unpaired) electrons. The van der Waals surface area contributed by atoms with Crippen LogP contribution in [0.2, 0.25) is 0 Å². The van der Waals surface area contributed by atoms with Crippen molar-refractivity contribution in [2.45, 2.75) is 25.0 Å². The minimum atomic E-state index is -3.45. The summed E-state index contributed by atoms with van der Waals surface area (Å²) < 4.78 is 21.5. The molecule has 106 valence electrons. The number of aromatic hydroxyl groups is 1. The smallest absolute Gasteiger partial charge is 0.240 e. The van der Waals surface area contributed by atoms with Crippen LogP contribution in [0.1, 0.15) is 19.4 Å². The van der Waals surface area contributed by atoms with Crippen LogP contribution in [0.25, 0.3) is 0 Å². The van der Waals surface area contributed by atoms with Crippen molar-refractivity contribution in [2.75, 3.05) is 12.8 Å². The summed E-state index contributed by atoms with van der Waals surface area (Å²) in [6, 6.07) is 6.64. The zero-order valence-electron chi connectivity index (χ0n) is 11.3.